The molecule has 0 heterocycles. The summed E-state index contributed by atoms with van der Waals surface area (Å²) in [6.07, 6.45) is 1.99. The molecule has 0 amide bonds. The van der Waals surface area contributed by atoms with E-state index in [1.807, 2.05) is 36.6 Å². The minimum absolute atomic E-state index is 0.149. The molecule has 0 aromatic heterocycles. The molecule has 0 fully saturated rings. The fourth-order valence-corrected chi connectivity index (χ4v) is 1.08. The van der Waals surface area contributed by atoms with Gasteiger partial charge in [-0.1, -0.05) is 30.3 Å². The summed E-state index contributed by atoms with van der Waals surface area (Å²) in [6.45, 7) is 0. The quantitative estimate of drug-likeness (QED) is 0.677. The van der Waals surface area contributed by atoms with Crippen molar-refractivity contribution in [1.29, 1.82) is 0 Å². The Labute approximate surface area is 72.2 Å². The first-order valence-electron chi connectivity index (χ1n) is 3.81. The van der Waals surface area contributed by atoms with Crippen molar-refractivity contribution in [3.63, 3.8) is 0 Å². The third kappa shape index (κ3) is 2.17. The zero-order chi connectivity index (χ0) is 8.81. The van der Waals surface area contributed by atoms with Gasteiger partial charge < -0.3 is 4.74 Å². The molecule has 1 aromatic carbocycles. The Kier molecular flexibility index (Phi) is 3.48. The van der Waals surface area contributed by atoms with Gasteiger partial charge in [-0.25, -0.2) is 0 Å². The number of hydrogen-bond acceptors (Lipinski definition) is 2. The van der Waals surface area contributed by atoms with Gasteiger partial charge >= 0.3 is 0 Å². The Bertz CT molecular complexity index is 231. The fraction of sp³-hybridized carbons (Fsp3) is 0.300. The molecule has 63 valence electrons. The molecule has 0 N–H and O–H groups in total. The third-order valence-electron chi connectivity index (χ3n) is 1.72. The average molecular weight is 163 g/mol. The maximum Gasteiger partial charge on any atom is 0.201 e. The van der Waals surface area contributed by atoms with E-state index in [2.05, 4.69) is 0 Å². The summed E-state index contributed by atoms with van der Waals surface area (Å²) in [5.41, 5.74) is 1.02. The van der Waals surface area contributed by atoms with E-state index in [0.717, 1.165) is 5.56 Å². The van der Waals surface area contributed by atoms with E-state index in [1.165, 1.54) is 0 Å². The van der Waals surface area contributed by atoms with Crippen molar-refractivity contribution in [2.45, 2.75) is 12.5 Å². The van der Waals surface area contributed by atoms with Crippen molar-refractivity contribution in [3.8, 4) is 0 Å². The highest BCUT2D eigenvalue weighted by Gasteiger charge is 2.08. The van der Waals surface area contributed by atoms with Gasteiger partial charge in [0.25, 0.3) is 0 Å². The molecule has 2 heteroatoms. The smallest absolute Gasteiger partial charge is 0.201 e. The second-order valence-electron chi connectivity index (χ2n) is 2.48. The van der Waals surface area contributed by atoms with Crippen molar-refractivity contribution in [3.05, 3.63) is 35.9 Å². The van der Waals surface area contributed by atoms with Gasteiger partial charge in [0.2, 0.25) is 6.29 Å². The molecule has 0 aliphatic rings. The van der Waals surface area contributed by atoms with Crippen LogP contribution >= 0.6 is 0 Å². The Balaban J connectivity index is 2.72. The molecule has 0 saturated carbocycles. The van der Waals surface area contributed by atoms with E-state index in [1.54, 1.807) is 7.11 Å². The molecule has 1 rings (SSSR count). The SMILES string of the molecule is COC(C[C]=O)c1ccccc1. The summed E-state index contributed by atoms with van der Waals surface area (Å²) >= 11 is 0. The zero-order valence-electron chi connectivity index (χ0n) is 6.99. The zero-order valence-corrected chi connectivity index (χ0v) is 6.99. The standard InChI is InChI=1S/C10H11O2/c1-12-10(7-8-11)9-5-3-2-4-6-9/h2-6,10H,7H2,1H3. The molecular formula is C10H11O2. The lowest BCUT2D eigenvalue weighted by Gasteiger charge is -2.11. The predicted molar refractivity (Wildman–Crippen MR) is 46.5 cm³/mol. The first-order chi connectivity index (χ1) is 5.88. The van der Waals surface area contributed by atoms with E-state index in [-0.39, 0.29) is 6.10 Å². The number of carbonyl (C=O) groups excluding carboxylic acids is 1. The first kappa shape index (κ1) is 8.94. The highest BCUT2D eigenvalue weighted by atomic mass is 16.5. The largest absolute Gasteiger partial charge is 0.376 e. The van der Waals surface area contributed by atoms with E-state index in [9.17, 15) is 4.79 Å². The number of methoxy groups -OCH3 is 1. The van der Waals surface area contributed by atoms with Crippen LogP contribution in [0.5, 0.6) is 0 Å². The minimum Gasteiger partial charge on any atom is -0.376 e. The van der Waals surface area contributed by atoms with Gasteiger partial charge in [-0.2, -0.15) is 0 Å². The molecule has 2 nitrogen and oxygen atoms in total. The van der Waals surface area contributed by atoms with Crippen LogP contribution in [0.3, 0.4) is 0 Å². The highest BCUT2D eigenvalue weighted by Crippen LogP contribution is 2.18. The van der Waals surface area contributed by atoms with Crippen LogP contribution in [0.2, 0.25) is 0 Å². The lowest BCUT2D eigenvalue weighted by atomic mass is 10.1. The van der Waals surface area contributed by atoms with Gasteiger partial charge in [0.15, 0.2) is 0 Å². The monoisotopic (exact) mass is 163 g/mol. The molecule has 0 aliphatic heterocycles. The van der Waals surface area contributed by atoms with E-state index < -0.39 is 0 Å². The van der Waals surface area contributed by atoms with Crippen molar-refractivity contribution >= 4 is 6.29 Å². The molecule has 0 saturated heterocycles. The van der Waals surface area contributed by atoms with Crippen LogP contribution in [0.15, 0.2) is 30.3 Å². The minimum atomic E-state index is -0.149. The summed E-state index contributed by atoms with van der Waals surface area (Å²) in [4.78, 5) is 10.1. The second-order valence-corrected chi connectivity index (χ2v) is 2.48. The molecule has 0 spiro atoms. The molecule has 0 aliphatic carbocycles. The first-order valence-corrected chi connectivity index (χ1v) is 3.81. The van der Waals surface area contributed by atoms with Crippen LogP contribution < -0.4 is 0 Å². The van der Waals surface area contributed by atoms with E-state index in [0.29, 0.717) is 6.42 Å². The third-order valence-corrected chi connectivity index (χ3v) is 1.72. The van der Waals surface area contributed by atoms with Gasteiger partial charge in [0.1, 0.15) is 0 Å². The Morgan fingerprint density at radius 1 is 1.42 bits per heavy atom. The molecule has 1 radical (unpaired) electrons. The second kappa shape index (κ2) is 4.67. The average Bonchev–Trinajstić information content (AvgIpc) is 2.15. The number of benzene rings is 1. The van der Waals surface area contributed by atoms with Gasteiger partial charge in [-0.3, -0.25) is 4.79 Å². The van der Waals surface area contributed by atoms with Gasteiger partial charge in [-0.05, 0) is 5.56 Å². The van der Waals surface area contributed by atoms with Crippen LogP contribution in [0.1, 0.15) is 18.1 Å². The topological polar surface area (TPSA) is 26.3 Å². The maximum absolute atomic E-state index is 10.1. The Hall–Kier alpha value is -1.15. The molecule has 1 unspecified atom stereocenters. The van der Waals surface area contributed by atoms with E-state index >= 15 is 0 Å². The van der Waals surface area contributed by atoms with Gasteiger partial charge in [-0.15, -0.1) is 0 Å². The Morgan fingerprint density at radius 3 is 2.58 bits per heavy atom. The van der Waals surface area contributed by atoms with Crippen LogP contribution in [0, 0.1) is 0 Å². The number of ether oxygens (including phenoxy) is 1. The van der Waals surface area contributed by atoms with Gasteiger partial charge in [0.05, 0.1) is 6.10 Å². The summed E-state index contributed by atoms with van der Waals surface area (Å²) in [5.74, 6) is 0. The van der Waals surface area contributed by atoms with Crippen molar-refractivity contribution in [1.82, 2.24) is 0 Å². The van der Waals surface area contributed by atoms with Crippen LogP contribution in [0.25, 0.3) is 0 Å². The number of hydrogen-bond donors (Lipinski definition) is 0. The van der Waals surface area contributed by atoms with Gasteiger partial charge in [0, 0.05) is 13.5 Å². The lowest BCUT2D eigenvalue weighted by Crippen LogP contribution is -2.01. The van der Waals surface area contributed by atoms with Crippen LogP contribution in [0.4, 0.5) is 0 Å². The van der Waals surface area contributed by atoms with Crippen molar-refractivity contribution < 1.29 is 9.53 Å². The van der Waals surface area contributed by atoms with Crippen LogP contribution in [-0.4, -0.2) is 13.4 Å². The summed E-state index contributed by atoms with van der Waals surface area (Å²) < 4.78 is 5.11. The van der Waals surface area contributed by atoms with Crippen molar-refractivity contribution in [2.24, 2.45) is 0 Å². The van der Waals surface area contributed by atoms with E-state index in [4.69, 9.17) is 4.74 Å². The van der Waals surface area contributed by atoms with Crippen molar-refractivity contribution in [2.75, 3.05) is 7.11 Å². The fourth-order valence-electron chi connectivity index (χ4n) is 1.08. The molecular weight excluding hydrogens is 152 g/mol. The predicted octanol–water partition coefficient (Wildman–Crippen LogP) is 1.87. The molecule has 1 aromatic rings. The van der Waals surface area contributed by atoms with Crippen LogP contribution in [-0.2, 0) is 9.53 Å². The lowest BCUT2D eigenvalue weighted by molar-refractivity contribution is 0.109. The molecule has 1 atom stereocenters. The summed E-state index contributed by atoms with van der Waals surface area (Å²) in [6, 6.07) is 9.65. The maximum atomic E-state index is 10.1. The normalized spacial score (nSPS) is 12.4. The molecule has 12 heavy (non-hydrogen) atoms. The Morgan fingerprint density at radius 2 is 2.08 bits per heavy atom. The highest BCUT2D eigenvalue weighted by molar-refractivity contribution is 5.52. The number of rotatable bonds is 4. The molecule has 0 bridgehead atoms. The summed E-state index contributed by atoms with van der Waals surface area (Å²) in [7, 11) is 1.59. The summed E-state index contributed by atoms with van der Waals surface area (Å²) in [5, 5.41) is 0.